The van der Waals surface area contributed by atoms with Crippen LogP contribution in [0, 0.1) is 11.8 Å². The molecular formula is C17H25ClN2O. The number of aryl methyl sites for hydroxylation is 1. The van der Waals surface area contributed by atoms with Crippen LogP contribution in [0.25, 0.3) is 11.0 Å². The van der Waals surface area contributed by atoms with Crippen molar-refractivity contribution in [2.45, 2.75) is 40.7 Å². The minimum Gasteiger partial charge on any atom is -0.492 e. The van der Waals surface area contributed by atoms with E-state index < -0.39 is 0 Å². The number of rotatable bonds is 7. The van der Waals surface area contributed by atoms with Crippen LogP contribution in [-0.2, 0) is 13.0 Å². The minimum absolute atomic E-state index is 0.587. The average molecular weight is 309 g/mol. The van der Waals surface area contributed by atoms with Gasteiger partial charge in [-0.1, -0.05) is 26.8 Å². The molecule has 2 rings (SSSR count). The lowest BCUT2D eigenvalue weighted by atomic mass is 9.98. The van der Waals surface area contributed by atoms with Crippen molar-refractivity contribution in [2.75, 3.05) is 12.5 Å². The Morgan fingerprint density at radius 1 is 1.29 bits per heavy atom. The summed E-state index contributed by atoms with van der Waals surface area (Å²) < 4.78 is 8.02. The maximum Gasteiger partial charge on any atom is 0.147 e. The topological polar surface area (TPSA) is 27.1 Å². The van der Waals surface area contributed by atoms with Gasteiger partial charge in [-0.05, 0) is 30.9 Å². The van der Waals surface area contributed by atoms with Crippen LogP contribution >= 0.6 is 11.6 Å². The number of benzene rings is 1. The maximum absolute atomic E-state index is 5.95. The molecule has 1 atom stereocenters. The highest BCUT2D eigenvalue weighted by Gasteiger charge is 2.17. The summed E-state index contributed by atoms with van der Waals surface area (Å²) in [4.78, 5) is 4.79. The number of para-hydroxylation sites is 1. The number of fused-ring (bicyclic) bond motifs is 1. The predicted molar refractivity (Wildman–Crippen MR) is 89.3 cm³/mol. The van der Waals surface area contributed by atoms with E-state index in [2.05, 4.69) is 31.4 Å². The summed E-state index contributed by atoms with van der Waals surface area (Å²) in [6, 6.07) is 6.14. The molecule has 0 fully saturated rings. The fraction of sp³-hybridized carbons (Fsp3) is 0.588. The molecule has 0 N–H and O–H groups in total. The second-order valence-electron chi connectivity index (χ2n) is 5.86. The van der Waals surface area contributed by atoms with E-state index in [-0.39, 0.29) is 0 Å². The maximum atomic E-state index is 5.95. The quantitative estimate of drug-likeness (QED) is 0.704. The van der Waals surface area contributed by atoms with E-state index in [0.29, 0.717) is 24.3 Å². The molecule has 0 saturated carbocycles. The lowest BCUT2D eigenvalue weighted by Crippen LogP contribution is -2.15. The molecule has 1 aromatic heterocycles. The van der Waals surface area contributed by atoms with Crippen LogP contribution in [0.2, 0.25) is 0 Å². The van der Waals surface area contributed by atoms with Crippen molar-refractivity contribution in [3.63, 3.8) is 0 Å². The van der Waals surface area contributed by atoms with Gasteiger partial charge in [0.15, 0.2) is 0 Å². The third-order valence-electron chi connectivity index (χ3n) is 4.05. The zero-order chi connectivity index (χ0) is 15.4. The molecule has 0 spiro atoms. The van der Waals surface area contributed by atoms with Gasteiger partial charge in [0.05, 0.1) is 12.1 Å². The molecule has 0 bridgehead atoms. The third kappa shape index (κ3) is 3.52. The van der Waals surface area contributed by atoms with Crippen molar-refractivity contribution in [1.82, 2.24) is 9.55 Å². The fourth-order valence-electron chi connectivity index (χ4n) is 2.42. The first-order valence-electron chi connectivity index (χ1n) is 7.75. The Bertz CT molecular complexity index is 592. The normalized spacial score (nSPS) is 13.0. The van der Waals surface area contributed by atoms with Gasteiger partial charge in [0.2, 0.25) is 0 Å². The van der Waals surface area contributed by atoms with Crippen molar-refractivity contribution in [1.29, 1.82) is 0 Å². The van der Waals surface area contributed by atoms with Crippen LogP contribution in [0.5, 0.6) is 5.75 Å². The summed E-state index contributed by atoms with van der Waals surface area (Å²) in [5.41, 5.74) is 2.10. The molecule has 0 amide bonds. The molecule has 0 aliphatic carbocycles. The van der Waals surface area contributed by atoms with Crippen LogP contribution in [-0.4, -0.2) is 22.0 Å². The van der Waals surface area contributed by atoms with Crippen molar-refractivity contribution in [3.05, 3.63) is 24.0 Å². The first kappa shape index (κ1) is 16.2. The molecule has 116 valence electrons. The van der Waals surface area contributed by atoms with E-state index in [1.807, 2.05) is 19.1 Å². The fourth-order valence-corrected chi connectivity index (χ4v) is 2.59. The molecule has 3 nitrogen and oxygen atoms in total. The first-order chi connectivity index (χ1) is 10.1. The second-order valence-corrected chi connectivity index (χ2v) is 6.23. The van der Waals surface area contributed by atoms with Gasteiger partial charge in [0.25, 0.3) is 0 Å². The predicted octanol–water partition coefficient (Wildman–Crippen LogP) is 4.51. The Morgan fingerprint density at radius 3 is 2.67 bits per heavy atom. The lowest BCUT2D eigenvalue weighted by molar-refractivity contribution is 0.343. The SMILES string of the molecule is CCOc1cccc2c1nc(CCCl)n2CC(C)C(C)C. The summed E-state index contributed by atoms with van der Waals surface area (Å²) in [5.74, 6) is 3.73. The molecule has 0 saturated heterocycles. The van der Waals surface area contributed by atoms with Gasteiger partial charge in [-0.3, -0.25) is 0 Å². The summed E-state index contributed by atoms with van der Waals surface area (Å²) in [6.45, 7) is 10.4. The van der Waals surface area contributed by atoms with Crippen LogP contribution < -0.4 is 4.74 Å². The van der Waals surface area contributed by atoms with E-state index in [1.54, 1.807) is 0 Å². The van der Waals surface area contributed by atoms with Crippen molar-refractivity contribution in [3.8, 4) is 5.75 Å². The first-order valence-corrected chi connectivity index (χ1v) is 8.28. The van der Waals surface area contributed by atoms with Gasteiger partial charge in [0, 0.05) is 18.8 Å². The molecule has 0 radical (unpaired) electrons. The number of alkyl halides is 1. The van der Waals surface area contributed by atoms with Gasteiger partial charge in [-0.25, -0.2) is 4.98 Å². The van der Waals surface area contributed by atoms with E-state index in [1.165, 1.54) is 0 Å². The smallest absolute Gasteiger partial charge is 0.147 e. The molecule has 2 aromatic rings. The van der Waals surface area contributed by atoms with E-state index in [4.69, 9.17) is 21.3 Å². The highest BCUT2D eigenvalue weighted by molar-refractivity contribution is 6.17. The molecule has 1 unspecified atom stereocenters. The Morgan fingerprint density at radius 2 is 2.05 bits per heavy atom. The van der Waals surface area contributed by atoms with Crippen LogP contribution in [0.1, 0.15) is 33.5 Å². The zero-order valence-electron chi connectivity index (χ0n) is 13.4. The van der Waals surface area contributed by atoms with Gasteiger partial charge >= 0.3 is 0 Å². The molecular weight excluding hydrogens is 284 g/mol. The summed E-state index contributed by atoms with van der Waals surface area (Å²) >= 11 is 5.95. The molecule has 1 heterocycles. The Kier molecular flexibility index (Phi) is 5.51. The highest BCUT2D eigenvalue weighted by Crippen LogP contribution is 2.28. The number of aromatic nitrogens is 2. The second kappa shape index (κ2) is 7.17. The number of hydrogen-bond donors (Lipinski definition) is 0. The summed E-state index contributed by atoms with van der Waals surface area (Å²) in [5, 5.41) is 0. The van der Waals surface area contributed by atoms with Gasteiger partial charge < -0.3 is 9.30 Å². The number of hydrogen-bond acceptors (Lipinski definition) is 2. The van der Waals surface area contributed by atoms with E-state index in [0.717, 1.165) is 35.6 Å². The van der Waals surface area contributed by atoms with Gasteiger partial charge in [-0.2, -0.15) is 0 Å². The molecule has 0 aliphatic rings. The van der Waals surface area contributed by atoms with E-state index in [9.17, 15) is 0 Å². The molecule has 21 heavy (non-hydrogen) atoms. The van der Waals surface area contributed by atoms with Crippen molar-refractivity contribution in [2.24, 2.45) is 11.8 Å². The van der Waals surface area contributed by atoms with Gasteiger partial charge in [0.1, 0.15) is 17.1 Å². The van der Waals surface area contributed by atoms with Crippen LogP contribution in [0.4, 0.5) is 0 Å². The minimum atomic E-state index is 0.587. The molecule has 0 aliphatic heterocycles. The Labute approximate surface area is 132 Å². The standard InChI is InChI=1S/C17H25ClN2O/c1-5-21-15-8-6-7-14-17(15)19-16(9-10-18)20(14)11-13(4)12(2)3/h6-8,12-13H,5,9-11H2,1-4H3. The van der Waals surface area contributed by atoms with Crippen LogP contribution in [0.3, 0.4) is 0 Å². The Balaban J connectivity index is 2.49. The van der Waals surface area contributed by atoms with Crippen molar-refractivity contribution < 1.29 is 4.74 Å². The van der Waals surface area contributed by atoms with Crippen LogP contribution in [0.15, 0.2) is 18.2 Å². The largest absolute Gasteiger partial charge is 0.492 e. The summed E-state index contributed by atoms with van der Waals surface area (Å²) in [7, 11) is 0. The monoisotopic (exact) mass is 308 g/mol. The van der Waals surface area contributed by atoms with E-state index >= 15 is 0 Å². The number of imidazole rings is 1. The zero-order valence-corrected chi connectivity index (χ0v) is 14.2. The lowest BCUT2D eigenvalue weighted by Gasteiger charge is -2.18. The Hall–Kier alpha value is -1.22. The summed E-state index contributed by atoms with van der Waals surface area (Å²) in [6.07, 6.45) is 0.784. The average Bonchev–Trinajstić information content (AvgIpc) is 2.79. The molecule has 4 heteroatoms. The number of nitrogens with zero attached hydrogens (tertiary/aromatic N) is 2. The highest BCUT2D eigenvalue weighted by atomic mass is 35.5. The number of halogens is 1. The van der Waals surface area contributed by atoms with Crippen molar-refractivity contribution >= 4 is 22.6 Å². The number of ether oxygens (including phenoxy) is 1. The third-order valence-corrected chi connectivity index (χ3v) is 4.24. The van der Waals surface area contributed by atoms with Gasteiger partial charge in [-0.15, -0.1) is 11.6 Å². The molecule has 1 aromatic carbocycles.